The molecule has 2 saturated heterocycles. The summed E-state index contributed by atoms with van der Waals surface area (Å²) in [7, 11) is 0. The van der Waals surface area contributed by atoms with Crippen LogP contribution in [0.15, 0.2) is 30.3 Å². The van der Waals surface area contributed by atoms with Gasteiger partial charge >= 0.3 is 0 Å². The van der Waals surface area contributed by atoms with Gasteiger partial charge in [-0.15, -0.1) is 0 Å². The van der Waals surface area contributed by atoms with Gasteiger partial charge in [0.2, 0.25) is 0 Å². The summed E-state index contributed by atoms with van der Waals surface area (Å²) in [6.07, 6.45) is 1.16. The van der Waals surface area contributed by atoms with E-state index in [0.717, 1.165) is 38.4 Å². The van der Waals surface area contributed by atoms with E-state index in [4.69, 9.17) is 9.47 Å². The first-order valence-electron chi connectivity index (χ1n) is 8.95. The lowest BCUT2D eigenvalue weighted by atomic mass is 9.93. The van der Waals surface area contributed by atoms with Crippen molar-refractivity contribution in [2.45, 2.75) is 32.4 Å². The number of para-hydroxylation sites is 1. The molecule has 0 aromatic heterocycles. The molecule has 2 aliphatic rings. The summed E-state index contributed by atoms with van der Waals surface area (Å²) in [5.41, 5.74) is 0. The number of likely N-dealkylation sites (tertiary alicyclic amines) is 1. The Balaban J connectivity index is 1.52. The van der Waals surface area contributed by atoms with Gasteiger partial charge in [0.25, 0.3) is 5.91 Å². The van der Waals surface area contributed by atoms with Crippen molar-refractivity contribution in [2.75, 3.05) is 39.4 Å². The zero-order valence-electron chi connectivity index (χ0n) is 14.7. The summed E-state index contributed by atoms with van der Waals surface area (Å²) in [5, 5.41) is 0. The zero-order valence-corrected chi connectivity index (χ0v) is 14.7. The maximum atomic E-state index is 12.4. The van der Waals surface area contributed by atoms with E-state index in [1.807, 2.05) is 35.2 Å². The molecule has 0 spiro atoms. The molecule has 0 bridgehead atoms. The van der Waals surface area contributed by atoms with Crippen LogP contribution in [-0.2, 0) is 9.53 Å². The Kier molecular flexibility index (Phi) is 5.74. The van der Waals surface area contributed by atoms with Crippen LogP contribution < -0.4 is 4.74 Å². The first-order valence-corrected chi connectivity index (χ1v) is 8.95. The third-order valence-corrected chi connectivity index (χ3v) is 5.06. The van der Waals surface area contributed by atoms with Crippen molar-refractivity contribution in [1.82, 2.24) is 9.80 Å². The second-order valence-electron chi connectivity index (χ2n) is 6.99. The molecule has 2 atom stereocenters. The Bertz CT molecular complexity index is 535. The van der Waals surface area contributed by atoms with E-state index in [1.54, 1.807) is 0 Å². The number of benzene rings is 1. The number of fused-ring (bicyclic) bond motifs is 1. The highest BCUT2D eigenvalue weighted by molar-refractivity contribution is 5.77. The number of carbonyl (C=O) groups excluding carboxylic acids is 1. The average molecular weight is 332 g/mol. The molecule has 2 heterocycles. The highest BCUT2D eigenvalue weighted by atomic mass is 16.5. The Morgan fingerprint density at radius 2 is 2.04 bits per heavy atom. The van der Waals surface area contributed by atoms with E-state index in [9.17, 15) is 4.79 Å². The molecule has 24 heavy (non-hydrogen) atoms. The Labute approximate surface area is 144 Å². The molecule has 2 aliphatic heterocycles. The fraction of sp³-hybridized carbons (Fsp3) is 0.632. The molecule has 2 fully saturated rings. The normalized spacial score (nSPS) is 25.2. The largest absolute Gasteiger partial charge is 0.484 e. The fourth-order valence-corrected chi connectivity index (χ4v) is 3.53. The van der Waals surface area contributed by atoms with Gasteiger partial charge in [-0.3, -0.25) is 9.69 Å². The molecule has 132 valence electrons. The molecule has 0 saturated carbocycles. The SMILES string of the molecule is CC(C)N1CCO[C@H]2CN(C(=O)COc3ccccc3)CC[C@H]2C1. The molecule has 0 aliphatic carbocycles. The summed E-state index contributed by atoms with van der Waals surface area (Å²) in [6, 6.07) is 10.0. The first-order chi connectivity index (χ1) is 11.6. The van der Waals surface area contributed by atoms with Crippen LogP contribution in [0, 0.1) is 5.92 Å². The van der Waals surface area contributed by atoms with Crippen LogP contribution in [0.3, 0.4) is 0 Å². The molecule has 0 radical (unpaired) electrons. The molecule has 5 heteroatoms. The van der Waals surface area contributed by atoms with Crippen LogP contribution >= 0.6 is 0 Å². The minimum Gasteiger partial charge on any atom is -0.484 e. The lowest BCUT2D eigenvalue weighted by Crippen LogP contribution is -2.50. The minimum absolute atomic E-state index is 0.0471. The fourth-order valence-electron chi connectivity index (χ4n) is 3.53. The monoisotopic (exact) mass is 332 g/mol. The number of rotatable bonds is 4. The van der Waals surface area contributed by atoms with Gasteiger partial charge in [-0.05, 0) is 32.4 Å². The second-order valence-corrected chi connectivity index (χ2v) is 6.99. The summed E-state index contributed by atoms with van der Waals surface area (Å²) in [5.74, 6) is 1.30. The number of piperidine rings is 1. The summed E-state index contributed by atoms with van der Waals surface area (Å²) in [6.45, 7) is 8.86. The molecule has 1 aromatic carbocycles. The summed E-state index contributed by atoms with van der Waals surface area (Å²) in [4.78, 5) is 16.8. The highest BCUT2D eigenvalue weighted by Gasteiger charge is 2.35. The number of hydrogen-bond acceptors (Lipinski definition) is 4. The minimum atomic E-state index is 0.0471. The second kappa shape index (κ2) is 7.99. The zero-order chi connectivity index (χ0) is 16.9. The maximum Gasteiger partial charge on any atom is 0.260 e. The Morgan fingerprint density at radius 1 is 1.25 bits per heavy atom. The van der Waals surface area contributed by atoms with Gasteiger partial charge in [0.05, 0.1) is 12.7 Å². The van der Waals surface area contributed by atoms with E-state index in [-0.39, 0.29) is 18.6 Å². The van der Waals surface area contributed by atoms with Crippen LogP contribution in [-0.4, -0.2) is 67.2 Å². The van der Waals surface area contributed by atoms with Gasteiger partial charge in [-0.25, -0.2) is 0 Å². The summed E-state index contributed by atoms with van der Waals surface area (Å²) < 4.78 is 11.6. The van der Waals surface area contributed by atoms with Crippen LogP contribution in [0.2, 0.25) is 0 Å². The molecule has 0 unspecified atom stereocenters. The standard InChI is InChI=1S/C19H28N2O3/c1-15(2)20-10-11-23-18-13-21(9-8-16(18)12-20)19(22)14-24-17-6-4-3-5-7-17/h3-7,15-16,18H,8-14H2,1-2H3/t16-,18-/m0/s1. The molecule has 1 aromatic rings. The van der Waals surface area contributed by atoms with Crippen molar-refractivity contribution in [1.29, 1.82) is 0 Å². The highest BCUT2D eigenvalue weighted by Crippen LogP contribution is 2.25. The van der Waals surface area contributed by atoms with Crippen molar-refractivity contribution in [3.8, 4) is 5.75 Å². The molecule has 1 amide bonds. The summed E-state index contributed by atoms with van der Waals surface area (Å²) >= 11 is 0. The van der Waals surface area contributed by atoms with E-state index < -0.39 is 0 Å². The van der Waals surface area contributed by atoms with Gasteiger partial charge < -0.3 is 14.4 Å². The number of carbonyl (C=O) groups is 1. The van der Waals surface area contributed by atoms with Crippen molar-refractivity contribution in [2.24, 2.45) is 5.92 Å². The van der Waals surface area contributed by atoms with Crippen molar-refractivity contribution in [3.05, 3.63) is 30.3 Å². The predicted octanol–water partition coefficient (Wildman–Crippen LogP) is 2.02. The van der Waals surface area contributed by atoms with E-state index in [0.29, 0.717) is 18.5 Å². The topological polar surface area (TPSA) is 42.0 Å². The van der Waals surface area contributed by atoms with Crippen LogP contribution in [0.4, 0.5) is 0 Å². The Hall–Kier alpha value is -1.59. The Morgan fingerprint density at radius 3 is 2.79 bits per heavy atom. The van der Waals surface area contributed by atoms with Gasteiger partial charge in [-0.1, -0.05) is 18.2 Å². The predicted molar refractivity (Wildman–Crippen MR) is 93.1 cm³/mol. The van der Waals surface area contributed by atoms with E-state index in [1.165, 1.54) is 0 Å². The van der Waals surface area contributed by atoms with Gasteiger partial charge in [0.15, 0.2) is 6.61 Å². The number of hydrogen-bond donors (Lipinski definition) is 0. The van der Waals surface area contributed by atoms with Crippen LogP contribution in [0.5, 0.6) is 5.75 Å². The van der Waals surface area contributed by atoms with Crippen LogP contribution in [0.25, 0.3) is 0 Å². The average Bonchev–Trinajstić information content (AvgIpc) is 2.82. The van der Waals surface area contributed by atoms with E-state index >= 15 is 0 Å². The lowest BCUT2D eigenvalue weighted by Gasteiger charge is -2.38. The molecule has 5 nitrogen and oxygen atoms in total. The number of amides is 1. The third kappa shape index (κ3) is 4.28. The number of ether oxygens (including phenoxy) is 2. The lowest BCUT2D eigenvalue weighted by molar-refractivity contribution is -0.139. The first kappa shape index (κ1) is 17.2. The van der Waals surface area contributed by atoms with Gasteiger partial charge in [-0.2, -0.15) is 0 Å². The molecule has 0 N–H and O–H groups in total. The molecular formula is C19H28N2O3. The van der Waals surface area contributed by atoms with Crippen molar-refractivity contribution in [3.63, 3.8) is 0 Å². The van der Waals surface area contributed by atoms with E-state index in [2.05, 4.69) is 18.7 Å². The molecule has 3 rings (SSSR count). The maximum absolute atomic E-state index is 12.4. The molecular weight excluding hydrogens is 304 g/mol. The van der Waals surface area contributed by atoms with Crippen LogP contribution in [0.1, 0.15) is 20.3 Å². The third-order valence-electron chi connectivity index (χ3n) is 5.06. The van der Waals surface area contributed by atoms with Gasteiger partial charge in [0.1, 0.15) is 5.75 Å². The van der Waals surface area contributed by atoms with Crippen molar-refractivity contribution < 1.29 is 14.3 Å². The van der Waals surface area contributed by atoms with Crippen molar-refractivity contribution >= 4 is 5.91 Å². The number of nitrogens with zero attached hydrogens (tertiary/aromatic N) is 2. The van der Waals surface area contributed by atoms with Gasteiger partial charge in [0, 0.05) is 38.1 Å². The smallest absolute Gasteiger partial charge is 0.260 e. The quantitative estimate of drug-likeness (QED) is 0.846.